The van der Waals surface area contributed by atoms with Crippen LogP contribution >= 0.6 is 0 Å². The van der Waals surface area contributed by atoms with E-state index >= 15 is 0 Å². The summed E-state index contributed by atoms with van der Waals surface area (Å²) in [6, 6.07) is 6.68. The summed E-state index contributed by atoms with van der Waals surface area (Å²) in [5, 5.41) is 6.55. The van der Waals surface area contributed by atoms with Crippen LogP contribution < -0.4 is 5.32 Å². The lowest BCUT2D eigenvalue weighted by atomic mass is 10.2. The largest absolute Gasteiger partial charge is 0.354 e. The van der Waals surface area contributed by atoms with Crippen molar-refractivity contribution < 1.29 is 17.7 Å². The Balaban J connectivity index is 1.75. The fourth-order valence-corrected chi connectivity index (χ4v) is 4.35. The summed E-state index contributed by atoms with van der Waals surface area (Å²) in [5.41, 5.74) is 1.92. The van der Waals surface area contributed by atoms with Crippen molar-refractivity contribution in [2.45, 2.75) is 18.7 Å². The van der Waals surface area contributed by atoms with Crippen LogP contribution in [0.15, 0.2) is 33.7 Å². The van der Waals surface area contributed by atoms with Crippen LogP contribution in [0.1, 0.15) is 23.9 Å². The summed E-state index contributed by atoms with van der Waals surface area (Å²) in [6.07, 6.45) is 3.47. The minimum atomic E-state index is -3.48. The molecule has 0 aliphatic carbocycles. The van der Waals surface area contributed by atoms with Gasteiger partial charge in [-0.15, -0.1) is 0 Å². The van der Waals surface area contributed by atoms with Gasteiger partial charge in [0, 0.05) is 33.1 Å². The van der Waals surface area contributed by atoms with E-state index < -0.39 is 10.0 Å². The lowest BCUT2D eigenvalue weighted by Gasteiger charge is -2.31. The molecule has 0 saturated carbocycles. The maximum Gasteiger partial charge on any atom is 0.243 e. The fourth-order valence-electron chi connectivity index (χ4n) is 2.93. The third kappa shape index (κ3) is 4.49. The van der Waals surface area contributed by atoms with Gasteiger partial charge in [0.05, 0.1) is 4.90 Å². The predicted octanol–water partition coefficient (Wildman–Crippen LogP) is 2.05. The van der Waals surface area contributed by atoms with Gasteiger partial charge in [0.2, 0.25) is 15.9 Å². The van der Waals surface area contributed by atoms with Crippen LogP contribution in [0.25, 0.3) is 12.2 Å². The van der Waals surface area contributed by atoms with E-state index in [1.165, 1.54) is 11.2 Å². The molecule has 0 radical (unpaired) electrons. The molecule has 8 nitrogen and oxygen atoms in total. The van der Waals surface area contributed by atoms with Crippen LogP contribution in [0.3, 0.4) is 0 Å². The lowest BCUT2D eigenvalue weighted by molar-refractivity contribution is -0.114. The number of aromatic nitrogens is 1. The van der Waals surface area contributed by atoms with E-state index in [4.69, 9.17) is 4.52 Å². The average molecular weight is 404 g/mol. The van der Waals surface area contributed by atoms with Crippen molar-refractivity contribution in [3.05, 3.63) is 41.3 Å². The summed E-state index contributed by atoms with van der Waals surface area (Å²) in [5.74, 6) is 0.223. The summed E-state index contributed by atoms with van der Waals surface area (Å²) < 4.78 is 32.3. The van der Waals surface area contributed by atoms with Crippen molar-refractivity contribution >= 4 is 33.8 Å². The molecule has 28 heavy (non-hydrogen) atoms. The second-order valence-electron chi connectivity index (χ2n) is 6.80. The van der Waals surface area contributed by atoms with Gasteiger partial charge in [-0.2, -0.15) is 4.31 Å². The first-order valence-corrected chi connectivity index (χ1v) is 10.4. The van der Waals surface area contributed by atoms with E-state index in [1.54, 1.807) is 43.3 Å². The smallest absolute Gasteiger partial charge is 0.243 e. The van der Waals surface area contributed by atoms with Gasteiger partial charge in [0.15, 0.2) is 5.76 Å². The highest BCUT2D eigenvalue weighted by molar-refractivity contribution is 7.89. The van der Waals surface area contributed by atoms with Crippen molar-refractivity contribution in [3.8, 4) is 0 Å². The lowest BCUT2D eigenvalue weighted by Crippen LogP contribution is -2.46. The molecule has 0 atom stereocenters. The van der Waals surface area contributed by atoms with Crippen molar-refractivity contribution in [1.82, 2.24) is 14.4 Å². The second kappa shape index (κ2) is 8.26. The van der Waals surface area contributed by atoms with Crippen molar-refractivity contribution in [2.75, 3.05) is 38.5 Å². The molecule has 150 valence electrons. The minimum Gasteiger partial charge on any atom is -0.354 e. The summed E-state index contributed by atoms with van der Waals surface area (Å²) in [7, 11) is -1.50. The molecule has 1 aliphatic heterocycles. The molecule has 0 spiro atoms. The number of carbonyl (C=O) groups excluding carboxylic acids is 1. The number of anilines is 1. The number of carbonyl (C=O) groups is 1. The second-order valence-corrected chi connectivity index (χ2v) is 8.74. The van der Waals surface area contributed by atoms with Gasteiger partial charge in [-0.05, 0) is 37.7 Å². The normalized spacial score (nSPS) is 16.5. The number of rotatable bonds is 5. The molecular formula is C19H24N4O4S. The number of likely N-dealkylation sites (N-methyl/N-ethyl adjacent to an activating group) is 1. The molecule has 0 unspecified atom stereocenters. The molecule has 1 aromatic carbocycles. The zero-order chi connectivity index (χ0) is 20.3. The number of nitrogens with one attached hydrogen (secondary N) is 1. The van der Waals surface area contributed by atoms with E-state index in [9.17, 15) is 13.2 Å². The molecule has 0 bridgehead atoms. The maximum absolute atomic E-state index is 12.8. The zero-order valence-electron chi connectivity index (χ0n) is 16.2. The van der Waals surface area contributed by atoms with Gasteiger partial charge in [-0.3, -0.25) is 4.79 Å². The monoisotopic (exact) mass is 404 g/mol. The Hall–Kier alpha value is -2.49. The van der Waals surface area contributed by atoms with Gasteiger partial charge in [0.1, 0.15) is 11.4 Å². The zero-order valence-corrected chi connectivity index (χ0v) is 17.0. The van der Waals surface area contributed by atoms with Crippen LogP contribution in [0.4, 0.5) is 5.69 Å². The minimum absolute atomic E-state index is 0.209. The van der Waals surface area contributed by atoms with Crippen LogP contribution in [0.5, 0.6) is 0 Å². The van der Waals surface area contributed by atoms with Gasteiger partial charge < -0.3 is 14.7 Å². The summed E-state index contributed by atoms with van der Waals surface area (Å²) in [4.78, 5) is 13.7. The Kier molecular flexibility index (Phi) is 5.97. The first kappa shape index (κ1) is 20.2. The molecule has 9 heteroatoms. The number of sulfonamides is 1. The topological polar surface area (TPSA) is 95.8 Å². The Labute approximate surface area is 164 Å². The van der Waals surface area contributed by atoms with Crippen molar-refractivity contribution in [1.29, 1.82) is 0 Å². The van der Waals surface area contributed by atoms with Gasteiger partial charge in [-0.1, -0.05) is 23.4 Å². The third-order valence-electron chi connectivity index (χ3n) is 4.60. The van der Waals surface area contributed by atoms with E-state index in [-0.39, 0.29) is 10.8 Å². The summed E-state index contributed by atoms with van der Waals surface area (Å²) in [6.45, 7) is 5.61. The molecule has 1 aromatic heterocycles. The number of piperazine rings is 1. The maximum atomic E-state index is 12.8. The quantitative estimate of drug-likeness (QED) is 0.819. The van der Waals surface area contributed by atoms with Gasteiger partial charge in [-0.25, -0.2) is 8.42 Å². The first-order chi connectivity index (χ1) is 13.3. The van der Waals surface area contributed by atoms with Gasteiger partial charge >= 0.3 is 0 Å². The highest BCUT2D eigenvalue weighted by Gasteiger charge is 2.27. The fraction of sp³-hybridized carbons (Fsp3) is 0.368. The highest BCUT2D eigenvalue weighted by atomic mass is 32.2. The van der Waals surface area contributed by atoms with Crippen LogP contribution in [0.2, 0.25) is 0 Å². The van der Waals surface area contributed by atoms with E-state index in [2.05, 4.69) is 15.4 Å². The van der Waals surface area contributed by atoms with Crippen LogP contribution in [0, 0.1) is 6.92 Å². The van der Waals surface area contributed by atoms with E-state index in [1.807, 2.05) is 7.05 Å². The number of benzene rings is 1. The SMILES string of the molecule is CC(=O)Nc1c(C)noc1/C=C\c1ccc(S(=O)(=O)N2CCN(C)CC2)cc1. The molecular weight excluding hydrogens is 380 g/mol. The number of hydrogen-bond acceptors (Lipinski definition) is 6. The van der Waals surface area contributed by atoms with E-state index in [0.717, 1.165) is 18.7 Å². The third-order valence-corrected chi connectivity index (χ3v) is 6.51. The molecule has 1 aliphatic rings. The Morgan fingerprint density at radius 3 is 2.39 bits per heavy atom. The van der Waals surface area contributed by atoms with Crippen molar-refractivity contribution in [3.63, 3.8) is 0 Å². The number of aryl methyl sites for hydroxylation is 1. The molecule has 1 N–H and O–H groups in total. The Morgan fingerprint density at radius 1 is 1.14 bits per heavy atom. The van der Waals surface area contributed by atoms with Crippen LogP contribution in [-0.4, -0.2) is 61.9 Å². The Morgan fingerprint density at radius 2 is 1.79 bits per heavy atom. The molecule has 1 saturated heterocycles. The molecule has 2 aromatic rings. The standard InChI is InChI=1S/C19H24N4O4S/c1-14-19(20-15(2)24)18(27-21-14)9-6-16-4-7-17(8-5-16)28(25,26)23-12-10-22(3)11-13-23/h4-9H,10-13H2,1-3H3,(H,20,24)/b9-6-. The molecule has 2 heterocycles. The number of amides is 1. The Bertz CT molecular complexity index is 972. The predicted molar refractivity (Wildman–Crippen MR) is 107 cm³/mol. The average Bonchev–Trinajstić information content (AvgIpc) is 3.00. The number of nitrogens with zero attached hydrogens (tertiary/aromatic N) is 3. The number of hydrogen-bond donors (Lipinski definition) is 1. The molecule has 1 amide bonds. The first-order valence-electron chi connectivity index (χ1n) is 8.98. The highest BCUT2D eigenvalue weighted by Crippen LogP contribution is 2.23. The van der Waals surface area contributed by atoms with E-state index in [0.29, 0.717) is 30.2 Å². The van der Waals surface area contributed by atoms with Gasteiger partial charge in [0.25, 0.3) is 0 Å². The molecule has 3 rings (SSSR count). The molecule has 1 fully saturated rings. The van der Waals surface area contributed by atoms with Crippen LogP contribution in [-0.2, 0) is 14.8 Å². The summed E-state index contributed by atoms with van der Waals surface area (Å²) >= 11 is 0. The van der Waals surface area contributed by atoms with Crippen molar-refractivity contribution in [2.24, 2.45) is 0 Å².